The summed E-state index contributed by atoms with van der Waals surface area (Å²) < 4.78 is 0. The first kappa shape index (κ1) is 12.8. The lowest BCUT2D eigenvalue weighted by Gasteiger charge is -2.25. The van der Waals surface area contributed by atoms with Crippen LogP contribution in [0.15, 0.2) is 18.5 Å². The fraction of sp³-hybridized carbons (Fsp3) is 0.538. The fourth-order valence-electron chi connectivity index (χ4n) is 2.25. The predicted octanol–water partition coefficient (Wildman–Crippen LogP) is 1.02. The zero-order valence-electron chi connectivity index (χ0n) is 10.6. The first-order valence-corrected chi connectivity index (χ1v) is 6.03. The quantitative estimate of drug-likeness (QED) is 0.822. The van der Waals surface area contributed by atoms with Crippen molar-refractivity contribution in [3.63, 3.8) is 0 Å². The van der Waals surface area contributed by atoms with Gasteiger partial charge in [0.25, 0.3) is 5.91 Å². The molecule has 0 aromatic carbocycles. The summed E-state index contributed by atoms with van der Waals surface area (Å²) in [7, 11) is 0. The van der Waals surface area contributed by atoms with E-state index in [9.17, 15) is 15.0 Å². The Morgan fingerprint density at radius 1 is 1.50 bits per heavy atom. The summed E-state index contributed by atoms with van der Waals surface area (Å²) in [4.78, 5) is 17.7. The molecule has 5 heteroatoms. The third-order valence-electron chi connectivity index (χ3n) is 3.45. The first-order chi connectivity index (χ1) is 8.38. The number of rotatable bonds is 2. The molecule has 0 aliphatic carbocycles. The molecule has 1 unspecified atom stereocenters. The Morgan fingerprint density at radius 2 is 2.22 bits per heavy atom. The lowest BCUT2D eigenvalue weighted by molar-refractivity contribution is 0.0211. The average Bonchev–Trinajstić information content (AvgIpc) is 2.77. The highest BCUT2D eigenvalue weighted by atomic mass is 16.3. The highest BCUT2D eigenvalue weighted by molar-refractivity contribution is 5.94. The van der Waals surface area contributed by atoms with Gasteiger partial charge in [0.05, 0.1) is 17.4 Å². The maximum absolute atomic E-state index is 12.2. The van der Waals surface area contributed by atoms with Gasteiger partial charge in [0.1, 0.15) is 5.75 Å². The van der Waals surface area contributed by atoms with Crippen LogP contribution in [-0.4, -0.2) is 44.7 Å². The van der Waals surface area contributed by atoms with E-state index < -0.39 is 5.60 Å². The van der Waals surface area contributed by atoms with Crippen molar-refractivity contribution in [1.29, 1.82) is 0 Å². The summed E-state index contributed by atoms with van der Waals surface area (Å²) in [6, 6.07) is 1.41. The van der Waals surface area contributed by atoms with Crippen molar-refractivity contribution in [2.75, 3.05) is 13.1 Å². The number of hydrogen-bond donors (Lipinski definition) is 2. The van der Waals surface area contributed by atoms with Crippen molar-refractivity contribution in [2.24, 2.45) is 5.92 Å². The van der Waals surface area contributed by atoms with Crippen LogP contribution < -0.4 is 0 Å². The Kier molecular flexibility index (Phi) is 3.26. The topological polar surface area (TPSA) is 73.7 Å². The molecule has 1 aromatic heterocycles. The normalized spacial score (nSPS) is 20.2. The second-order valence-electron chi connectivity index (χ2n) is 5.32. The Hall–Kier alpha value is -1.62. The third-order valence-corrected chi connectivity index (χ3v) is 3.45. The summed E-state index contributed by atoms with van der Waals surface area (Å²) in [6.07, 6.45) is 3.53. The molecule has 1 aromatic rings. The molecule has 1 aliphatic heterocycles. The smallest absolute Gasteiger partial charge is 0.255 e. The van der Waals surface area contributed by atoms with E-state index in [4.69, 9.17) is 0 Å². The monoisotopic (exact) mass is 250 g/mol. The molecule has 1 fully saturated rings. The summed E-state index contributed by atoms with van der Waals surface area (Å²) in [5.74, 6) is -0.0732. The fourth-order valence-corrected chi connectivity index (χ4v) is 2.25. The molecule has 98 valence electrons. The number of aliphatic hydroxyl groups is 1. The highest BCUT2D eigenvalue weighted by Gasteiger charge is 2.35. The lowest BCUT2D eigenvalue weighted by Crippen LogP contribution is -2.35. The maximum Gasteiger partial charge on any atom is 0.255 e. The summed E-state index contributed by atoms with van der Waals surface area (Å²) in [6.45, 7) is 4.70. The van der Waals surface area contributed by atoms with Gasteiger partial charge in [-0.15, -0.1) is 0 Å². The van der Waals surface area contributed by atoms with Crippen LogP contribution in [0.1, 0.15) is 30.6 Å². The number of aromatic hydroxyl groups is 1. The van der Waals surface area contributed by atoms with Gasteiger partial charge in [-0.3, -0.25) is 9.78 Å². The third kappa shape index (κ3) is 2.61. The van der Waals surface area contributed by atoms with Crippen molar-refractivity contribution in [3.05, 3.63) is 24.0 Å². The number of likely N-dealkylation sites (tertiary alicyclic amines) is 1. The van der Waals surface area contributed by atoms with Crippen LogP contribution in [-0.2, 0) is 0 Å². The number of pyridine rings is 1. The van der Waals surface area contributed by atoms with E-state index in [0.717, 1.165) is 6.42 Å². The first-order valence-electron chi connectivity index (χ1n) is 6.03. The molecule has 1 amide bonds. The molecule has 2 heterocycles. The largest absolute Gasteiger partial charge is 0.506 e. The molecule has 2 rings (SSSR count). The summed E-state index contributed by atoms with van der Waals surface area (Å²) >= 11 is 0. The molecule has 0 saturated carbocycles. The van der Waals surface area contributed by atoms with Crippen LogP contribution in [0.5, 0.6) is 5.75 Å². The Morgan fingerprint density at radius 3 is 2.78 bits per heavy atom. The van der Waals surface area contributed by atoms with Crippen LogP contribution in [0.4, 0.5) is 0 Å². The molecule has 0 bridgehead atoms. The van der Waals surface area contributed by atoms with E-state index in [-0.39, 0.29) is 17.6 Å². The number of aromatic nitrogens is 1. The molecular weight excluding hydrogens is 232 g/mol. The number of carbonyl (C=O) groups is 1. The minimum absolute atomic E-state index is 0.0147. The number of carbonyl (C=O) groups excluding carboxylic acids is 1. The van der Waals surface area contributed by atoms with Gasteiger partial charge in [0.15, 0.2) is 0 Å². The summed E-state index contributed by atoms with van der Waals surface area (Å²) in [5.41, 5.74) is -0.391. The molecule has 5 nitrogen and oxygen atoms in total. The molecular formula is C13H18N2O3. The molecule has 1 saturated heterocycles. The van der Waals surface area contributed by atoms with Gasteiger partial charge in [-0.1, -0.05) is 0 Å². The Bertz CT molecular complexity index is 454. The molecule has 0 radical (unpaired) electrons. The zero-order valence-corrected chi connectivity index (χ0v) is 10.6. The van der Waals surface area contributed by atoms with E-state index in [2.05, 4.69) is 4.98 Å². The SMILES string of the molecule is CC(C)(O)C1CCN(C(=O)c2cncc(O)c2)C1. The van der Waals surface area contributed by atoms with Crippen molar-refractivity contribution >= 4 is 5.91 Å². The number of amides is 1. The average molecular weight is 250 g/mol. The second kappa shape index (κ2) is 4.57. The van der Waals surface area contributed by atoms with Crippen LogP contribution in [0.3, 0.4) is 0 Å². The number of nitrogens with zero attached hydrogens (tertiary/aromatic N) is 2. The zero-order chi connectivity index (χ0) is 13.3. The minimum atomic E-state index is -0.772. The van der Waals surface area contributed by atoms with Crippen LogP contribution in [0.25, 0.3) is 0 Å². The van der Waals surface area contributed by atoms with Crippen LogP contribution >= 0.6 is 0 Å². The van der Waals surface area contributed by atoms with Crippen molar-refractivity contribution in [2.45, 2.75) is 25.9 Å². The van der Waals surface area contributed by atoms with Gasteiger partial charge in [-0.05, 0) is 26.3 Å². The highest BCUT2D eigenvalue weighted by Crippen LogP contribution is 2.28. The van der Waals surface area contributed by atoms with E-state index in [0.29, 0.717) is 18.7 Å². The maximum atomic E-state index is 12.2. The van der Waals surface area contributed by atoms with Gasteiger partial charge >= 0.3 is 0 Å². The Labute approximate surface area is 106 Å². The van der Waals surface area contributed by atoms with Crippen molar-refractivity contribution in [3.8, 4) is 5.75 Å². The minimum Gasteiger partial charge on any atom is -0.506 e. The molecule has 1 atom stereocenters. The van der Waals surface area contributed by atoms with Gasteiger partial charge in [0, 0.05) is 25.2 Å². The van der Waals surface area contributed by atoms with E-state index in [1.165, 1.54) is 18.5 Å². The second-order valence-corrected chi connectivity index (χ2v) is 5.32. The van der Waals surface area contributed by atoms with E-state index in [1.54, 1.807) is 18.7 Å². The van der Waals surface area contributed by atoms with Crippen LogP contribution in [0.2, 0.25) is 0 Å². The lowest BCUT2D eigenvalue weighted by atomic mass is 9.90. The van der Waals surface area contributed by atoms with Gasteiger partial charge in [-0.25, -0.2) is 0 Å². The van der Waals surface area contributed by atoms with Gasteiger partial charge in [-0.2, -0.15) is 0 Å². The van der Waals surface area contributed by atoms with Crippen LogP contribution in [0, 0.1) is 5.92 Å². The molecule has 18 heavy (non-hydrogen) atoms. The van der Waals surface area contributed by atoms with Crippen molar-refractivity contribution < 1.29 is 15.0 Å². The molecule has 1 aliphatic rings. The van der Waals surface area contributed by atoms with Crippen molar-refractivity contribution in [1.82, 2.24) is 9.88 Å². The molecule has 0 spiro atoms. The van der Waals surface area contributed by atoms with E-state index in [1.807, 2.05) is 0 Å². The standard InChI is InChI=1S/C13H18N2O3/c1-13(2,18)10-3-4-15(8-10)12(17)9-5-11(16)7-14-6-9/h5-7,10,16,18H,3-4,8H2,1-2H3. The Balaban J connectivity index is 2.08. The molecule has 2 N–H and O–H groups in total. The predicted molar refractivity (Wildman–Crippen MR) is 66.2 cm³/mol. The van der Waals surface area contributed by atoms with E-state index >= 15 is 0 Å². The number of hydrogen-bond acceptors (Lipinski definition) is 4. The van der Waals surface area contributed by atoms with Gasteiger partial charge in [0.2, 0.25) is 0 Å². The van der Waals surface area contributed by atoms with Gasteiger partial charge < -0.3 is 15.1 Å². The summed E-state index contributed by atoms with van der Waals surface area (Å²) in [5, 5.41) is 19.3.